The van der Waals surface area contributed by atoms with Crippen molar-refractivity contribution in [3.05, 3.63) is 59.0 Å². The van der Waals surface area contributed by atoms with Gasteiger partial charge in [-0.15, -0.1) is 11.3 Å². The molecule has 1 atom stereocenters. The van der Waals surface area contributed by atoms with Crippen molar-refractivity contribution in [3.63, 3.8) is 0 Å². The van der Waals surface area contributed by atoms with Crippen LogP contribution in [0, 0.1) is 6.92 Å². The van der Waals surface area contributed by atoms with Gasteiger partial charge in [-0.25, -0.2) is 9.97 Å². The number of fused-ring (bicyclic) bond motifs is 1. The minimum absolute atomic E-state index is 0.0651. The smallest absolute Gasteiger partial charge is 0.264 e. The van der Waals surface area contributed by atoms with Crippen LogP contribution in [0.4, 0.5) is 0 Å². The van der Waals surface area contributed by atoms with Gasteiger partial charge in [0.2, 0.25) is 0 Å². The zero-order chi connectivity index (χ0) is 16.5. The molecule has 0 spiro atoms. The number of carbonyl (C=O) groups is 1. The minimum Gasteiger partial charge on any atom is -0.368 e. The average Bonchev–Trinajstić information content (AvgIpc) is 3.05. The molecule has 6 heteroatoms. The number of carbonyl (C=O) groups excluding carboxylic acids is 1. The molecule has 1 aromatic carbocycles. The van der Waals surface area contributed by atoms with E-state index in [2.05, 4.69) is 9.97 Å². The van der Waals surface area contributed by atoms with Crippen molar-refractivity contribution in [2.24, 2.45) is 0 Å². The molecule has 24 heavy (non-hydrogen) atoms. The molecule has 3 heterocycles. The predicted octanol–water partition coefficient (Wildman–Crippen LogP) is 3.21. The van der Waals surface area contributed by atoms with Crippen LogP contribution in [-0.2, 0) is 4.74 Å². The number of hydrogen-bond donors (Lipinski definition) is 0. The summed E-state index contributed by atoms with van der Waals surface area (Å²) in [5.41, 5.74) is 0.830. The molecular formula is C18H17N3O2S. The third kappa shape index (κ3) is 2.90. The SMILES string of the molecule is Cc1nccc(C2CN(C(=O)c3cc4ccccc4s3)CCO2)n1. The highest BCUT2D eigenvalue weighted by Gasteiger charge is 2.27. The normalized spacial score (nSPS) is 18.0. The summed E-state index contributed by atoms with van der Waals surface area (Å²) >= 11 is 1.54. The molecule has 1 aliphatic rings. The van der Waals surface area contributed by atoms with E-state index in [4.69, 9.17) is 4.74 Å². The Labute approximate surface area is 143 Å². The summed E-state index contributed by atoms with van der Waals surface area (Å²) in [5.74, 6) is 0.777. The molecule has 1 saturated heterocycles. The number of nitrogens with zero attached hydrogens (tertiary/aromatic N) is 3. The number of aryl methyl sites for hydroxylation is 1. The summed E-state index contributed by atoms with van der Waals surface area (Å²) in [6, 6.07) is 11.9. The summed E-state index contributed by atoms with van der Waals surface area (Å²) in [7, 11) is 0. The van der Waals surface area contributed by atoms with E-state index in [0.29, 0.717) is 25.5 Å². The van der Waals surface area contributed by atoms with Crippen LogP contribution in [0.15, 0.2) is 42.6 Å². The maximum Gasteiger partial charge on any atom is 0.264 e. The summed E-state index contributed by atoms with van der Waals surface area (Å²) in [6.45, 7) is 3.49. The topological polar surface area (TPSA) is 55.3 Å². The van der Waals surface area contributed by atoms with Gasteiger partial charge in [-0.3, -0.25) is 4.79 Å². The molecule has 1 unspecified atom stereocenters. The third-order valence-electron chi connectivity index (χ3n) is 4.12. The lowest BCUT2D eigenvalue weighted by atomic mass is 10.2. The summed E-state index contributed by atoms with van der Waals surface area (Å²) in [5, 5.41) is 1.11. The molecule has 1 fully saturated rings. The summed E-state index contributed by atoms with van der Waals surface area (Å²) < 4.78 is 6.95. The van der Waals surface area contributed by atoms with Crippen molar-refractivity contribution in [1.29, 1.82) is 0 Å². The Hall–Kier alpha value is -2.31. The fourth-order valence-corrected chi connectivity index (χ4v) is 3.94. The van der Waals surface area contributed by atoms with E-state index in [1.807, 2.05) is 48.2 Å². The molecule has 2 aromatic heterocycles. The van der Waals surface area contributed by atoms with Crippen LogP contribution in [-0.4, -0.2) is 40.5 Å². The van der Waals surface area contributed by atoms with E-state index < -0.39 is 0 Å². The van der Waals surface area contributed by atoms with E-state index in [0.717, 1.165) is 20.7 Å². The van der Waals surface area contributed by atoms with Gasteiger partial charge in [-0.05, 0) is 30.5 Å². The number of benzene rings is 1. The highest BCUT2D eigenvalue weighted by atomic mass is 32.1. The number of rotatable bonds is 2. The molecule has 3 aromatic rings. The highest BCUT2D eigenvalue weighted by molar-refractivity contribution is 7.20. The predicted molar refractivity (Wildman–Crippen MR) is 93.2 cm³/mol. The van der Waals surface area contributed by atoms with Gasteiger partial charge in [0.1, 0.15) is 11.9 Å². The van der Waals surface area contributed by atoms with Crippen molar-refractivity contribution in [2.75, 3.05) is 19.7 Å². The van der Waals surface area contributed by atoms with Crippen molar-refractivity contribution < 1.29 is 9.53 Å². The fraction of sp³-hybridized carbons (Fsp3) is 0.278. The summed E-state index contributed by atoms with van der Waals surface area (Å²) in [4.78, 5) is 24.0. The lowest BCUT2D eigenvalue weighted by Gasteiger charge is -2.32. The van der Waals surface area contributed by atoms with Gasteiger partial charge in [0, 0.05) is 17.4 Å². The monoisotopic (exact) mass is 339 g/mol. The molecule has 122 valence electrons. The van der Waals surface area contributed by atoms with Crippen LogP contribution >= 0.6 is 11.3 Å². The standard InChI is InChI=1S/C18H17N3O2S/c1-12-19-7-6-14(20-12)15-11-21(8-9-23-15)18(22)17-10-13-4-2-3-5-16(13)24-17/h2-7,10,15H,8-9,11H2,1H3. The van der Waals surface area contributed by atoms with Gasteiger partial charge in [0.05, 0.1) is 23.7 Å². The van der Waals surface area contributed by atoms with E-state index in [1.165, 1.54) is 0 Å². The molecule has 0 aliphatic carbocycles. The maximum absolute atomic E-state index is 12.9. The zero-order valence-electron chi connectivity index (χ0n) is 13.3. The Bertz CT molecular complexity index is 860. The van der Waals surface area contributed by atoms with Crippen molar-refractivity contribution in [3.8, 4) is 0 Å². The van der Waals surface area contributed by atoms with Crippen molar-refractivity contribution in [2.45, 2.75) is 13.0 Å². The number of amides is 1. The first-order valence-corrected chi connectivity index (χ1v) is 8.71. The van der Waals surface area contributed by atoms with Crippen LogP contribution in [0.25, 0.3) is 10.1 Å². The van der Waals surface area contributed by atoms with Crippen LogP contribution in [0.1, 0.15) is 27.3 Å². The number of ether oxygens (including phenoxy) is 1. The first kappa shape index (κ1) is 15.2. The first-order chi connectivity index (χ1) is 11.7. The second kappa shape index (κ2) is 6.30. The molecule has 0 N–H and O–H groups in total. The van der Waals surface area contributed by atoms with Crippen LogP contribution in [0.3, 0.4) is 0 Å². The minimum atomic E-state index is -0.196. The van der Waals surface area contributed by atoms with E-state index in [-0.39, 0.29) is 12.0 Å². The van der Waals surface area contributed by atoms with E-state index in [9.17, 15) is 4.79 Å². The Morgan fingerprint density at radius 2 is 2.21 bits per heavy atom. The molecular weight excluding hydrogens is 322 g/mol. The van der Waals surface area contributed by atoms with Gasteiger partial charge in [-0.1, -0.05) is 18.2 Å². The average molecular weight is 339 g/mol. The maximum atomic E-state index is 12.9. The number of aromatic nitrogens is 2. The lowest BCUT2D eigenvalue weighted by molar-refractivity contribution is -0.0246. The second-order valence-corrected chi connectivity index (χ2v) is 6.87. The lowest BCUT2D eigenvalue weighted by Crippen LogP contribution is -2.42. The van der Waals surface area contributed by atoms with E-state index in [1.54, 1.807) is 17.5 Å². The molecule has 0 bridgehead atoms. The first-order valence-electron chi connectivity index (χ1n) is 7.90. The largest absolute Gasteiger partial charge is 0.368 e. The Morgan fingerprint density at radius 1 is 1.33 bits per heavy atom. The van der Waals surface area contributed by atoms with E-state index >= 15 is 0 Å². The highest BCUT2D eigenvalue weighted by Crippen LogP contribution is 2.28. The molecule has 4 rings (SSSR count). The Kier molecular flexibility index (Phi) is 4.00. The van der Waals surface area contributed by atoms with Crippen LogP contribution in [0.5, 0.6) is 0 Å². The van der Waals surface area contributed by atoms with Gasteiger partial charge in [-0.2, -0.15) is 0 Å². The fourth-order valence-electron chi connectivity index (χ4n) is 2.91. The van der Waals surface area contributed by atoms with Gasteiger partial charge < -0.3 is 9.64 Å². The van der Waals surface area contributed by atoms with Gasteiger partial charge >= 0.3 is 0 Å². The molecule has 0 saturated carbocycles. The van der Waals surface area contributed by atoms with Crippen molar-refractivity contribution in [1.82, 2.24) is 14.9 Å². The second-order valence-electron chi connectivity index (χ2n) is 5.79. The Balaban J connectivity index is 1.56. The van der Waals surface area contributed by atoms with Crippen LogP contribution < -0.4 is 0 Å². The van der Waals surface area contributed by atoms with Gasteiger partial charge in [0.25, 0.3) is 5.91 Å². The number of thiophene rings is 1. The quantitative estimate of drug-likeness (QED) is 0.719. The third-order valence-corrected chi connectivity index (χ3v) is 5.22. The molecule has 0 radical (unpaired) electrons. The van der Waals surface area contributed by atoms with Crippen molar-refractivity contribution >= 4 is 27.3 Å². The Morgan fingerprint density at radius 3 is 3.04 bits per heavy atom. The van der Waals surface area contributed by atoms with Crippen LogP contribution in [0.2, 0.25) is 0 Å². The van der Waals surface area contributed by atoms with Gasteiger partial charge in [0.15, 0.2) is 0 Å². The zero-order valence-corrected chi connectivity index (χ0v) is 14.1. The summed E-state index contributed by atoms with van der Waals surface area (Å²) in [6.07, 6.45) is 1.53. The molecule has 5 nitrogen and oxygen atoms in total. The number of morpholine rings is 1. The molecule has 1 aliphatic heterocycles. The molecule has 1 amide bonds. The number of hydrogen-bond acceptors (Lipinski definition) is 5.